The third-order valence-corrected chi connectivity index (χ3v) is 4.27. The molecule has 19 heavy (non-hydrogen) atoms. The Morgan fingerprint density at radius 1 is 1.37 bits per heavy atom. The van der Waals surface area contributed by atoms with Crippen LogP contribution in [-0.4, -0.2) is 30.0 Å². The van der Waals surface area contributed by atoms with Crippen LogP contribution in [0.4, 0.5) is 0 Å². The highest BCUT2D eigenvalue weighted by Gasteiger charge is 2.20. The Hall–Kier alpha value is -1.41. The standard InChI is InChI=1S/C17H22N2/c1-3-13-10-14-6-4-8-16(17(14)18-11-13)15-7-5-9-19(2)12-15/h4,6,8,10-11,15H,3,5,7,9,12H2,1-2H3. The van der Waals surface area contributed by atoms with Crippen molar-refractivity contribution < 1.29 is 0 Å². The zero-order valence-corrected chi connectivity index (χ0v) is 11.9. The maximum absolute atomic E-state index is 4.73. The molecule has 1 unspecified atom stereocenters. The number of aromatic nitrogens is 1. The number of piperidine rings is 1. The first-order chi connectivity index (χ1) is 9.28. The smallest absolute Gasteiger partial charge is 0.0737 e. The fourth-order valence-electron chi connectivity index (χ4n) is 3.17. The number of pyridine rings is 1. The molecule has 1 aromatic heterocycles. The monoisotopic (exact) mass is 254 g/mol. The molecule has 1 aliphatic rings. The van der Waals surface area contributed by atoms with E-state index in [1.54, 1.807) is 0 Å². The lowest BCUT2D eigenvalue weighted by molar-refractivity contribution is 0.251. The maximum Gasteiger partial charge on any atom is 0.0737 e. The molecule has 2 nitrogen and oxygen atoms in total. The van der Waals surface area contributed by atoms with Crippen LogP contribution in [-0.2, 0) is 6.42 Å². The number of hydrogen-bond donors (Lipinski definition) is 0. The molecule has 1 aliphatic heterocycles. The van der Waals surface area contributed by atoms with E-state index in [0.717, 1.165) is 13.0 Å². The molecule has 0 spiro atoms. The van der Waals surface area contributed by atoms with Crippen molar-refractivity contribution >= 4 is 10.9 Å². The predicted octanol–water partition coefficient (Wildman–Crippen LogP) is 3.61. The van der Waals surface area contributed by atoms with Crippen molar-refractivity contribution in [2.45, 2.75) is 32.1 Å². The summed E-state index contributed by atoms with van der Waals surface area (Å²) in [4.78, 5) is 7.17. The van der Waals surface area contributed by atoms with Crippen molar-refractivity contribution in [1.82, 2.24) is 9.88 Å². The lowest BCUT2D eigenvalue weighted by Gasteiger charge is -2.30. The number of fused-ring (bicyclic) bond motifs is 1. The SMILES string of the molecule is CCc1cnc2c(C3CCCN(C)C3)cccc2c1. The van der Waals surface area contributed by atoms with Gasteiger partial charge in [0, 0.05) is 18.1 Å². The third-order valence-electron chi connectivity index (χ3n) is 4.27. The topological polar surface area (TPSA) is 16.1 Å². The molecule has 2 heterocycles. The van der Waals surface area contributed by atoms with E-state index in [0.29, 0.717) is 5.92 Å². The van der Waals surface area contributed by atoms with E-state index in [-0.39, 0.29) is 0 Å². The highest BCUT2D eigenvalue weighted by atomic mass is 15.1. The summed E-state index contributed by atoms with van der Waals surface area (Å²) >= 11 is 0. The fourth-order valence-corrected chi connectivity index (χ4v) is 3.17. The number of hydrogen-bond acceptors (Lipinski definition) is 2. The Balaban J connectivity index is 2.03. The summed E-state index contributed by atoms with van der Waals surface area (Å²) in [6.07, 6.45) is 5.68. The van der Waals surface area contributed by atoms with Gasteiger partial charge in [0.05, 0.1) is 5.52 Å². The zero-order valence-electron chi connectivity index (χ0n) is 11.9. The number of likely N-dealkylation sites (tertiary alicyclic amines) is 1. The quantitative estimate of drug-likeness (QED) is 0.814. The van der Waals surface area contributed by atoms with Gasteiger partial charge in [-0.15, -0.1) is 0 Å². The molecule has 2 aromatic rings. The van der Waals surface area contributed by atoms with Crippen LogP contribution in [0.2, 0.25) is 0 Å². The van der Waals surface area contributed by atoms with Crippen molar-refractivity contribution in [3.63, 3.8) is 0 Å². The number of rotatable bonds is 2. The summed E-state index contributed by atoms with van der Waals surface area (Å²) in [6, 6.07) is 8.94. The molecule has 1 fully saturated rings. The molecular weight excluding hydrogens is 232 g/mol. The number of nitrogens with zero attached hydrogens (tertiary/aromatic N) is 2. The van der Waals surface area contributed by atoms with Crippen molar-refractivity contribution in [1.29, 1.82) is 0 Å². The highest BCUT2D eigenvalue weighted by molar-refractivity contribution is 5.82. The van der Waals surface area contributed by atoms with E-state index in [1.807, 2.05) is 6.20 Å². The van der Waals surface area contributed by atoms with Crippen molar-refractivity contribution in [3.05, 3.63) is 41.6 Å². The van der Waals surface area contributed by atoms with E-state index in [9.17, 15) is 0 Å². The van der Waals surface area contributed by atoms with Crippen LogP contribution < -0.4 is 0 Å². The van der Waals surface area contributed by atoms with Gasteiger partial charge in [-0.2, -0.15) is 0 Å². The Morgan fingerprint density at radius 3 is 3.05 bits per heavy atom. The van der Waals surface area contributed by atoms with Crippen LogP contribution in [0.1, 0.15) is 36.8 Å². The van der Waals surface area contributed by atoms with Gasteiger partial charge in [-0.25, -0.2) is 0 Å². The molecule has 1 atom stereocenters. The normalized spacial score (nSPS) is 20.8. The van der Waals surface area contributed by atoms with Gasteiger partial charge in [0.25, 0.3) is 0 Å². The second-order valence-electron chi connectivity index (χ2n) is 5.72. The second-order valence-corrected chi connectivity index (χ2v) is 5.72. The molecule has 0 radical (unpaired) electrons. The molecule has 2 heteroatoms. The van der Waals surface area contributed by atoms with Gasteiger partial charge in [0.1, 0.15) is 0 Å². The van der Waals surface area contributed by atoms with Gasteiger partial charge in [0.15, 0.2) is 0 Å². The van der Waals surface area contributed by atoms with E-state index in [1.165, 1.54) is 41.4 Å². The molecule has 3 rings (SSSR count). The first kappa shape index (κ1) is 12.6. The summed E-state index contributed by atoms with van der Waals surface area (Å²) < 4.78 is 0. The lowest BCUT2D eigenvalue weighted by Crippen LogP contribution is -2.30. The van der Waals surface area contributed by atoms with Crippen LogP contribution in [0, 0.1) is 0 Å². The highest BCUT2D eigenvalue weighted by Crippen LogP contribution is 2.31. The van der Waals surface area contributed by atoms with Crippen LogP contribution in [0.5, 0.6) is 0 Å². The summed E-state index contributed by atoms with van der Waals surface area (Å²) in [7, 11) is 2.22. The maximum atomic E-state index is 4.73. The average molecular weight is 254 g/mol. The van der Waals surface area contributed by atoms with Gasteiger partial charge < -0.3 is 4.90 Å². The van der Waals surface area contributed by atoms with Crippen LogP contribution in [0.15, 0.2) is 30.5 Å². The molecule has 0 N–H and O–H groups in total. The first-order valence-electron chi connectivity index (χ1n) is 7.34. The van der Waals surface area contributed by atoms with Gasteiger partial charge in [-0.3, -0.25) is 4.98 Å². The number of aryl methyl sites for hydroxylation is 1. The number of benzene rings is 1. The Kier molecular flexibility index (Phi) is 3.52. The molecule has 0 amide bonds. The molecule has 100 valence electrons. The summed E-state index contributed by atoms with van der Waals surface area (Å²) in [5.41, 5.74) is 3.97. The predicted molar refractivity (Wildman–Crippen MR) is 80.6 cm³/mol. The minimum Gasteiger partial charge on any atom is -0.306 e. The van der Waals surface area contributed by atoms with Gasteiger partial charge in [0.2, 0.25) is 0 Å². The van der Waals surface area contributed by atoms with E-state index in [2.05, 4.69) is 43.1 Å². The zero-order chi connectivity index (χ0) is 13.2. The van der Waals surface area contributed by atoms with Crippen molar-refractivity contribution in [3.8, 4) is 0 Å². The van der Waals surface area contributed by atoms with Gasteiger partial charge in [-0.1, -0.05) is 25.1 Å². The number of para-hydroxylation sites is 1. The van der Waals surface area contributed by atoms with Crippen LogP contribution >= 0.6 is 0 Å². The molecule has 0 aliphatic carbocycles. The largest absolute Gasteiger partial charge is 0.306 e. The van der Waals surface area contributed by atoms with Gasteiger partial charge >= 0.3 is 0 Å². The minimum absolute atomic E-state index is 0.641. The van der Waals surface area contributed by atoms with E-state index < -0.39 is 0 Å². The fraction of sp³-hybridized carbons (Fsp3) is 0.471. The molecular formula is C17H22N2. The third kappa shape index (κ3) is 2.50. The summed E-state index contributed by atoms with van der Waals surface area (Å²) in [5, 5.41) is 1.30. The number of likely N-dealkylation sites (N-methyl/N-ethyl adjacent to an activating group) is 1. The van der Waals surface area contributed by atoms with E-state index >= 15 is 0 Å². The summed E-state index contributed by atoms with van der Waals surface area (Å²) in [5.74, 6) is 0.641. The van der Waals surface area contributed by atoms with Crippen molar-refractivity contribution in [2.75, 3.05) is 20.1 Å². The van der Waals surface area contributed by atoms with Crippen LogP contribution in [0.3, 0.4) is 0 Å². The lowest BCUT2D eigenvalue weighted by atomic mass is 9.89. The van der Waals surface area contributed by atoms with E-state index in [4.69, 9.17) is 4.98 Å². The first-order valence-corrected chi connectivity index (χ1v) is 7.34. The molecule has 0 saturated carbocycles. The van der Waals surface area contributed by atoms with Gasteiger partial charge in [-0.05, 0) is 56.0 Å². The second kappa shape index (κ2) is 5.30. The Labute approximate surface area is 115 Å². The Morgan fingerprint density at radius 2 is 2.26 bits per heavy atom. The molecule has 1 saturated heterocycles. The Bertz CT molecular complexity index is 576. The van der Waals surface area contributed by atoms with Crippen LogP contribution in [0.25, 0.3) is 10.9 Å². The minimum atomic E-state index is 0.641. The molecule has 0 bridgehead atoms. The summed E-state index contributed by atoms with van der Waals surface area (Å²) in [6.45, 7) is 4.58. The average Bonchev–Trinajstić information content (AvgIpc) is 2.46. The van der Waals surface area contributed by atoms with Crippen molar-refractivity contribution in [2.24, 2.45) is 0 Å². The molecule has 1 aromatic carbocycles.